The largest absolute Gasteiger partial charge is 0.464 e. The van der Waals surface area contributed by atoms with E-state index in [1.807, 2.05) is 18.2 Å². The molecule has 0 radical (unpaired) electrons. The van der Waals surface area contributed by atoms with Gasteiger partial charge in [0.1, 0.15) is 0 Å². The smallest absolute Gasteiger partial charge is 0.244 e. The van der Waals surface area contributed by atoms with Crippen molar-refractivity contribution < 1.29 is 9.53 Å². The Morgan fingerprint density at radius 3 is 2.82 bits per heavy atom. The first-order valence-electron chi connectivity index (χ1n) is 9.06. The van der Waals surface area contributed by atoms with E-state index in [9.17, 15) is 4.79 Å². The van der Waals surface area contributed by atoms with E-state index < -0.39 is 5.54 Å². The molecule has 1 heterocycles. The van der Waals surface area contributed by atoms with E-state index in [-0.39, 0.29) is 12.5 Å². The number of hydrogen-bond donors (Lipinski definition) is 3. The number of ether oxygens (including phenoxy) is 1. The Hall–Kier alpha value is -2.63. The van der Waals surface area contributed by atoms with Gasteiger partial charge in [-0.3, -0.25) is 4.79 Å². The van der Waals surface area contributed by atoms with Crippen molar-refractivity contribution in [1.82, 2.24) is 9.97 Å². The van der Waals surface area contributed by atoms with Gasteiger partial charge in [-0.15, -0.1) is 6.42 Å². The van der Waals surface area contributed by atoms with Gasteiger partial charge in [0.25, 0.3) is 0 Å². The van der Waals surface area contributed by atoms with Crippen LogP contribution in [0.2, 0.25) is 0 Å². The molecule has 0 unspecified atom stereocenters. The minimum atomic E-state index is -0.792. The summed E-state index contributed by atoms with van der Waals surface area (Å²) in [4.78, 5) is 21.1. The third kappa shape index (κ3) is 5.00. The van der Waals surface area contributed by atoms with Crippen LogP contribution in [-0.2, 0) is 4.79 Å². The van der Waals surface area contributed by atoms with Gasteiger partial charge in [-0.25, -0.2) is 4.98 Å². The normalized spacial score (nSPS) is 15.3. The van der Waals surface area contributed by atoms with Crippen LogP contribution in [0.1, 0.15) is 32.1 Å². The minimum Gasteiger partial charge on any atom is -0.464 e. The van der Waals surface area contributed by atoms with Crippen molar-refractivity contribution in [2.45, 2.75) is 37.6 Å². The maximum absolute atomic E-state index is 12.6. The van der Waals surface area contributed by atoms with Crippen molar-refractivity contribution in [3.05, 3.63) is 34.9 Å². The van der Waals surface area contributed by atoms with Crippen LogP contribution in [-0.4, -0.2) is 28.0 Å². The number of aromatic nitrogens is 2. The van der Waals surface area contributed by atoms with Gasteiger partial charge in [0, 0.05) is 11.4 Å². The monoisotopic (exact) mass is 443 g/mol. The molecule has 1 saturated carbocycles. The lowest BCUT2D eigenvalue weighted by Crippen LogP contribution is -2.52. The van der Waals surface area contributed by atoms with E-state index >= 15 is 0 Å². The third-order valence-corrected chi connectivity index (χ3v) is 5.12. The van der Waals surface area contributed by atoms with Crippen molar-refractivity contribution in [3.8, 4) is 18.2 Å². The van der Waals surface area contributed by atoms with E-state index in [1.165, 1.54) is 0 Å². The van der Waals surface area contributed by atoms with Crippen LogP contribution >= 0.6 is 15.9 Å². The SMILES string of the molecule is C#CCOc1nc(Nc2cccc(NC(=O)C3(N)CCCCC3)c2)ncc1Br. The summed E-state index contributed by atoms with van der Waals surface area (Å²) in [5, 5.41) is 6.02. The predicted octanol–water partition coefficient (Wildman–Crippen LogP) is 3.59. The molecular formula is C20H22BrN5O2. The van der Waals surface area contributed by atoms with Gasteiger partial charge >= 0.3 is 0 Å². The summed E-state index contributed by atoms with van der Waals surface area (Å²) in [6.07, 6.45) is 11.3. The second-order valence-corrected chi connectivity index (χ2v) is 7.57. The highest BCUT2D eigenvalue weighted by Crippen LogP contribution is 2.28. The molecule has 28 heavy (non-hydrogen) atoms. The van der Waals surface area contributed by atoms with Crippen LogP contribution < -0.4 is 21.1 Å². The maximum atomic E-state index is 12.6. The Balaban J connectivity index is 1.70. The second-order valence-electron chi connectivity index (χ2n) is 6.72. The van der Waals surface area contributed by atoms with Crippen LogP contribution in [0, 0.1) is 12.3 Å². The molecule has 0 aliphatic heterocycles. The number of rotatable bonds is 6. The molecule has 1 amide bonds. The average Bonchev–Trinajstić information content (AvgIpc) is 2.69. The zero-order valence-electron chi connectivity index (χ0n) is 15.4. The molecule has 0 spiro atoms. The number of carbonyl (C=O) groups excluding carboxylic acids is 1. The molecule has 0 atom stereocenters. The Morgan fingerprint density at radius 2 is 2.07 bits per heavy atom. The molecule has 146 valence electrons. The summed E-state index contributed by atoms with van der Waals surface area (Å²) in [7, 11) is 0. The standard InChI is InChI=1S/C20H22BrN5O2/c1-2-11-28-17-16(21)13-23-19(26-17)25-15-8-6-7-14(12-15)24-18(27)20(22)9-4-3-5-10-20/h1,6-8,12-13H,3-5,9-11,22H2,(H,24,27)(H,23,25,26). The van der Waals surface area contributed by atoms with Crippen LogP contribution in [0.4, 0.5) is 17.3 Å². The molecule has 4 N–H and O–H groups in total. The number of nitrogens with two attached hydrogens (primary N) is 1. The molecule has 1 aliphatic rings. The summed E-state index contributed by atoms with van der Waals surface area (Å²) in [6.45, 7) is 0.109. The predicted molar refractivity (Wildman–Crippen MR) is 112 cm³/mol. The highest BCUT2D eigenvalue weighted by Gasteiger charge is 2.35. The van der Waals surface area contributed by atoms with Gasteiger partial charge < -0.3 is 21.1 Å². The van der Waals surface area contributed by atoms with E-state index in [1.54, 1.807) is 12.3 Å². The lowest BCUT2D eigenvalue weighted by atomic mass is 9.82. The Bertz CT molecular complexity index is 890. The second kappa shape index (κ2) is 9.04. The van der Waals surface area contributed by atoms with Crippen molar-refractivity contribution >= 4 is 39.2 Å². The first-order chi connectivity index (χ1) is 13.5. The molecule has 1 aliphatic carbocycles. The highest BCUT2D eigenvalue weighted by molar-refractivity contribution is 9.10. The summed E-state index contributed by atoms with van der Waals surface area (Å²) in [6, 6.07) is 7.30. The number of carbonyl (C=O) groups is 1. The molecule has 8 heteroatoms. The molecule has 0 bridgehead atoms. The first kappa shape index (κ1) is 20.1. The van der Waals surface area contributed by atoms with Gasteiger partial charge in [-0.1, -0.05) is 31.2 Å². The number of anilines is 3. The van der Waals surface area contributed by atoms with Crippen LogP contribution in [0.15, 0.2) is 34.9 Å². The van der Waals surface area contributed by atoms with Crippen molar-refractivity contribution in [3.63, 3.8) is 0 Å². The quantitative estimate of drug-likeness (QED) is 0.589. The first-order valence-corrected chi connectivity index (χ1v) is 9.86. The molecule has 3 rings (SSSR count). The molecule has 1 aromatic heterocycles. The van der Waals surface area contributed by atoms with E-state index in [4.69, 9.17) is 16.9 Å². The van der Waals surface area contributed by atoms with E-state index in [2.05, 4.69) is 42.5 Å². The fraction of sp³-hybridized carbons (Fsp3) is 0.350. The van der Waals surface area contributed by atoms with Crippen LogP contribution in [0.3, 0.4) is 0 Å². The number of benzene rings is 1. The highest BCUT2D eigenvalue weighted by atomic mass is 79.9. The zero-order valence-corrected chi connectivity index (χ0v) is 17.0. The zero-order chi connectivity index (χ0) is 20.0. The Labute approximate surface area is 172 Å². The van der Waals surface area contributed by atoms with Crippen LogP contribution in [0.25, 0.3) is 0 Å². The molecule has 0 saturated heterocycles. The summed E-state index contributed by atoms with van der Waals surface area (Å²) in [5.74, 6) is 2.95. The Kier molecular flexibility index (Phi) is 6.49. The fourth-order valence-corrected chi connectivity index (χ4v) is 3.40. The lowest BCUT2D eigenvalue weighted by Gasteiger charge is -2.31. The summed E-state index contributed by atoms with van der Waals surface area (Å²) >= 11 is 3.32. The van der Waals surface area contributed by atoms with E-state index in [0.717, 1.165) is 24.9 Å². The van der Waals surface area contributed by atoms with Gasteiger partial charge in [0.05, 0.1) is 16.2 Å². The number of amides is 1. The third-order valence-electron chi connectivity index (χ3n) is 4.58. The number of nitrogens with one attached hydrogen (secondary N) is 2. The van der Waals surface area contributed by atoms with Crippen molar-refractivity contribution in [2.75, 3.05) is 17.2 Å². The molecule has 7 nitrogen and oxygen atoms in total. The van der Waals surface area contributed by atoms with Crippen molar-refractivity contribution in [1.29, 1.82) is 0 Å². The lowest BCUT2D eigenvalue weighted by molar-refractivity contribution is -0.122. The topological polar surface area (TPSA) is 102 Å². The molecule has 2 aromatic rings. The van der Waals surface area contributed by atoms with Crippen LogP contribution in [0.5, 0.6) is 5.88 Å². The van der Waals surface area contributed by atoms with Crippen molar-refractivity contribution in [2.24, 2.45) is 5.73 Å². The fourth-order valence-electron chi connectivity index (χ4n) is 3.09. The number of terminal acetylenes is 1. The molecule has 1 fully saturated rings. The van der Waals surface area contributed by atoms with E-state index in [0.29, 0.717) is 34.8 Å². The molecule has 1 aromatic carbocycles. The Morgan fingerprint density at radius 1 is 1.32 bits per heavy atom. The van der Waals surface area contributed by atoms with Gasteiger partial charge in [0.15, 0.2) is 6.61 Å². The number of nitrogens with zero attached hydrogens (tertiary/aromatic N) is 2. The summed E-state index contributed by atoms with van der Waals surface area (Å²) in [5.41, 5.74) is 6.89. The summed E-state index contributed by atoms with van der Waals surface area (Å²) < 4.78 is 5.98. The molecular weight excluding hydrogens is 422 g/mol. The van der Waals surface area contributed by atoms with Gasteiger partial charge in [0.2, 0.25) is 17.7 Å². The minimum absolute atomic E-state index is 0.109. The number of hydrogen-bond acceptors (Lipinski definition) is 6. The number of halogens is 1. The van der Waals surface area contributed by atoms with Gasteiger partial charge in [-0.05, 0) is 47.0 Å². The average molecular weight is 444 g/mol. The maximum Gasteiger partial charge on any atom is 0.244 e. The van der Waals surface area contributed by atoms with Gasteiger partial charge in [-0.2, -0.15) is 4.98 Å².